The molecule has 15 heavy (non-hydrogen) atoms. The SMILES string of the molecule is CC(=O)c1cc2n(n1)CCCC(=O)N2C. The van der Waals surface area contributed by atoms with Crippen LogP contribution in [0.3, 0.4) is 0 Å². The zero-order chi connectivity index (χ0) is 11.0. The predicted molar refractivity (Wildman–Crippen MR) is 54.9 cm³/mol. The Hall–Kier alpha value is -1.65. The van der Waals surface area contributed by atoms with Gasteiger partial charge in [0.05, 0.1) is 0 Å². The van der Waals surface area contributed by atoms with Gasteiger partial charge in [-0.1, -0.05) is 0 Å². The van der Waals surface area contributed by atoms with E-state index in [1.54, 1.807) is 22.7 Å². The van der Waals surface area contributed by atoms with Crippen molar-refractivity contribution in [2.45, 2.75) is 26.3 Å². The summed E-state index contributed by atoms with van der Waals surface area (Å²) in [6.07, 6.45) is 1.31. The molecule has 0 atom stereocenters. The molecule has 5 heteroatoms. The summed E-state index contributed by atoms with van der Waals surface area (Å²) in [5, 5.41) is 4.17. The fraction of sp³-hybridized carbons (Fsp3) is 0.500. The first-order valence-electron chi connectivity index (χ1n) is 4.95. The van der Waals surface area contributed by atoms with Gasteiger partial charge in [0.2, 0.25) is 5.91 Å². The highest BCUT2D eigenvalue weighted by atomic mass is 16.2. The summed E-state index contributed by atoms with van der Waals surface area (Å²) in [4.78, 5) is 24.3. The summed E-state index contributed by atoms with van der Waals surface area (Å²) in [7, 11) is 1.71. The largest absolute Gasteiger partial charge is 0.300 e. The third kappa shape index (κ3) is 1.65. The van der Waals surface area contributed by atoms with Gasteiger partial charge in [-0.05, 0) is 6.42 Å². The van der Waals surface area contributed by atoms with Crippen LogP contribution in [0, 0.1) is 0 Å². The minimum absolute atomic E-state index is 0.0728. The second kappa shape index (κ2) is 3.49. The van der Waals surface area contributed by atoms with Gasteiger partial charge in [-0.25, -0.2) is 4.68 Å². The number of ketones is 1. The maximum Gasteiger partial charge on any atom is 0.227 e. The molecule has 1 aromatic heterocycles. The van der Waals surface area contributed by atoms with Crippen LogP contribution in [-0.4, -0.2) is 28.5 Å². The number of carbonyl (C=O) groups is 2. The number of rotatable bonds is 1. The van der Waals surface area contributed by atoms with Gasteiger partial charge in [-0.15, -0.1) is 0 Å². The first-order chi connectivity index (χ1) is 7.09. The van der Waals surface area contributed by atoms with Gasteiger partial charge in [0.1, 0.15) is 11.5 Å². The Labute approximate surface area is 87.7 Å². The lowest BCUT2D eigenvalue weighted by Gasteiger charge is -2.13. The Morgan fingerprint density at radius 1 is 1.53 bits per heavy atom. The lowest BCUT2D eigenvalue weighted by Crippen LogP contribution is -2.25. The number of hydrogen-bond acceptors (Lipinski definition) is 3. The second-order valence-electron chi connectivity index (χ2n) is 3.72. The monoisotopic (exact) mass is 207 g/mol. The molecule has 0 radical (unpaired) electrons. The molecule has 0 aromatic carbocycles. The zero-order valence-electron chi connectivity index (χ0n) is 8.86. The van der Waals surface area contributed by atoms with E-state index in [0.717, 1.165) is 6.42 Å². The van der Waals surface area contributed by atoms with E-state index in [4.69, 9.17) is 0 Å². The molecule has 1 aliphatic heterocycles. The fourth-order valence-electron chi connectivity index (χ4n) is 1.69. The summed E-state index contributed by atoms with van der Waals surface area (Å²) in [5.41, 5.74) is 0.423. The van der Waals surface area contributed by atoms with E-state index < -0.39 is 0 Å². The average Bonchev–Trinajstić information content (AvgIpc) is 2.55. The topological polar surface area (TPSA) is 55.2 Å². The van der Waals surface area contributed by atoms with E-state index in [0.29, 0.717) is 24.5 Å². The van der Waals surface area contributed by atoms with Crippen LogP contribution in [0.15, 0.2) is 6.07 Å². The van der Waals surface area contributed by atoms with Crippen molar-refractivity contribution in [3.63, 3.8) is 0 Å². The molecular formula is C10H13N3O2. The summed E-state index contributed by atoms with van der Waals surface area (Å²) in [6, 6.07) is 1.67. The Kier molecular flexibility index (Phi) is 2.30. The molecule has 80 valence electrons. The number of aryl methyl sites for hydroxylation is 1. The predicted octanol–water partition coefficient (Wildman–Crippen LogP) is 0.842. The molecule has 1 aromatic rings. The lowest BCUT2D eigenvalue weighted by molar-refractivity contribution is -0.118. The highest BCUT2D eigenvalue weighted by Crippen LogP contribution is 2.20. The molecule has 0 spiro atoms. The molecule has 0 fully saturated rings. The van der Waals surface area contributed by atoms with Crippen LogP contribution in [0.4, 0.5) is 5.82 Å². The summed E-state index contributed by atoms with van der Waals surface area (Å²) in [6.45, 7) is 2.17. The molecule has 0 saturated heterocycles. The van der Waals surface area contributed by atoms with Crippen LogP contribution in [0.5, 0.6) is 0 Å². The number of amides is 1. The molecule has 1 amide bonds. The van der Waals surface area contributed by atoms with Crippen LogP contribution >= 0.6 is 0 Å². The molecule has 0 bridgehead atoms. The highest BCUT2D eigenvalue weighted by molar-refractivity contribution is 5.96. The van der Waals surface area contributed by atoms with Gasteiger partial charge >= 0.3 is 0 Å². The van der Waals surface area contributed by atoms with E-state index in [-0.39, 0.29) is 11.7 Å². The smallest absolute Gasteiger partial charge is 0.227 e. The molecule has 2 rings (SSSR count). The Balaban J connectivity index is 2.44. The van der Waals surface area contributed by atoms with Crippen molar-refractivity contribution in [3.8, 4) is 0 Å². The third-order valence-corrected chi connectivity index (χ3v) is 2.60. The van der Waals surface area contributed by atoms with Crippen molar-refractivity contribution in [1.29, 1.82) is 0 Å². The number of aromatic nitrogens is 2. The Morgan fingerprint density at radius 2 is 2.27 bits per heavy atom. The fourth-order valence-corrected chi connectivity index (χ4v) is 1.69. The summed E-state index contributed by atoms with van der Waals surface area (Å²) in [5.74, 6) is 0.711. The molecule has 5 nitrogen and oxygen atoms in total. The first kappa shape index (κ1) is 9.89. The van der Waals surface area contributed by atoms with Crippen molar-refractivity contribution >= 4 is 17.5 Å². The van der Waals surface area contributed by atoms with Gasteiger partial charge in [-0.3, -0.25) is 9.59 Å². The Bertz CT molecular complexity index is 422. The van der Waals surface area contributed by atoms with Crippen molar-refractivity contribution < 1.29 is 9.59 Å². The van der Waals surface area contributed by atoms with Crippen molar-refractivity contribution in [1.82, 2.24) is 9.78 Å². The minimum Gasteiger partial charge on any atom is -0.300 e. The number of anilines is 1. The lowest BCUT2D eigenvalue weighted by atomic mass is 10.3. The van der Waals surface area contributed by atoms with Crippen LogP contribution in [0.1, 0.15) is 30.3 Å². The number of fused-ring (bicyclic) bond motifs is 1. The van der Waals surface area contributed by atoms with Gasteiger partial charge in [0.15, 0.2) is 5.78 Å². The molecule has 0 aliphatic carbocycles. The second-order valence-corrected chi connectivity index (χ2v) is 3.72. The van der Waals surface area contributed by atoms with Crippen LogP contribution in [0.25, 0.3) is 0 Å². The molecule has 1 aliphatic rings. The highest BCUT2D eigenvalue weighted by Gasteiger charge is 2.21. The maximum atomic E-state index is 11.6. The van der Waals surface area contributed by atoms with E-state index in [1.807, 2.05) is 0 Å². The molecule has 2 heterocycles. The average molecular weight is 207 g/mol. The normalized spacial score (nSPS) is 16.1. The first-order valence-corrected chi connectivity index (χ1v) is 4.95. The van der Waals surface area contributed by atoms with Crippen molar-refractivity contribution in [3.05, 3.63) is 11.8 Å². The van der Waals surface area contributed by atoms with E-state index in [1.165, 1.54) is 6.92 Å². The number of hydrogen-bond donors (Lipinski definition) is 0. The van der Waals surface area contributed by atoms with Crippen LogP contribution in [0.2, 0.25) is 0 Å². The summed E-state index contributed by atoms with van der Waals surface area (Å²) >= 11 is 0. The van der Waals surface area contributed by atoms with E-state index in [9.17, 15) is 9.59 Å². The molecule has 0 saturated carbocycles. The number of Topliss-reactive ketones (excluding diaryl/α,β-unsaturated/α-hetero) is 1. The molecule has 0 N–H and O–H groups in total. The Morgan fingerprint density at radius 3 is 2.93 bits per heavy atom. The van der Waals surface area contributed by atoms with E-state index >= 15 is 0 Å². The van der Waals surface area contributed by atoms with Gasteiger partial charge in [0, 0.05) is 33.0 Å². The third-order valence-electron chi connectivity index (χ3n) is 2.60. The standard InChI is InChI=1S/C10H13N3O2/c1-7(14)8-6-9-12(2)10(15)4-3-5-13(9)11-8/h6H,3-5H2,1-2H3. The van der Waals surface area contributed by atoms with Crippen LogP contribution < -0.4 is 4.90 Å². The van der Waals surface area contributed by atoms with Gasteiger partial charge < -0.3 is 4.90 Å². The maximum absolute atomic E-state index is 11.6. The van der Waals surface area contributed by atoms with Gasteiger partial charge in [0.25, 0.3) is 0 Å². The number of nitrogens with zero attached hydrogens (tertiary/aromatic N) is 3. The van der Waals surface area contributed by atoms with Crippen molar-refractivity contribution in [2.75, 3.05) is 11.9 Å². The molecule has 0 unspecified atom stereocenters. The zero-order valence-corrected chi connectivity index (χ0v) is 8.86. The number of carbonyl (C=O) groups excluding carboxylic acids is 2. The quantitative estimate of drug-likeness (QED) is 0.641. The summed E-state index contributed by atoms with van der Waals surface area (Å²) < 4.78 is 1.72. The van der Waals surface area contributed by atoms with Gasteiger partial charge in [-0.2, -0.15) is 5.10 Å². The minimum atomic E-state index is -0.0728. The van der Waals surface area contributed by atoms with Crippen molar-refractivity contribution in [2.24, 2.45) is 0 Å². The molecular weight excluding hydrogens is 194 g/mol. The van der Waals surface area contributed by atoms with E-state index in [2.05, 4.69) is 5.10 Å². The van der Waals surface area contributed by atoms with Crippen LogP contribution in [-0.2, 0) is 11.3 Å².